The summed E-state index contributed by atoms with van der Waals surface area (Å²) in [4.78, 5) is 8.92. The van der Waals surface area contributed by atoms with E-state index in [0.717, 1.165) is 28.3 Å². The van der Waals surface area contributed by atoms with E-state index in [0.29, 0.717) is 12.5 Å². The van der Waals surface area contributed by atoms with Crippen molar-refractivity contribution in [3.05, 3.63) is 47.9 Å². The third kappa shape index (κ3) is 2.03. The Hall–Kier alpha value is -2.10. The first-order valence-corrected chi connectivity index (χ1v) is 6.51. The molecule has 2 heterocycles. The molecule has 0 unspecified atom stereocenters. The largest absolute Gasteiger partial charge is 0.448 e. The summed E-state index contributed by atoms with van der Waals surface area (Å²) < 4.78 is 7.66. The summed E-state index contributed by atoms with van der Waals surface area (Å²) >= 11 is 0. The van der Waals surface area contributed by atoms with E-state index in [9.17, 15) is 0 Å². The lowest BCUT2D eigenvalue weighted by Crippen LogP contribution is -2.05. The molecule has 3 aromatic rings. The Morgan fingerprint density at radius 3 is 2.84 bits per heavy atom. The molecule has 0 aliphatic heterocycles. The topological polar surface area (TPSA) is 43.9 Å². The Bertz CT molecular complexity index is 709. The van der Waals surface area contributed by atoms with E-state index in [1.807, 2.05) is 25.1 Å². The normalized spacial score (nSPS) is 11.6. The van der Waals surface area contributed by atoms with Gasteiger partial charge in [0.05, 0.1) is 17.6 Å². The lowest BCUT2D eigenvalue weighted by atomic mass is 10.1. The van der Waals surface area contributed by atoms with Crippen molar-refractivity contribution in [2.24, 2.45) is 0 Å². The number of hydrogen-bond donors (Lipinski definition) is 0. The fourth-order valence-corrected chi connectivity index (χ4v) is 2.41. The highest BCUT2D eigenvalue weighted by atomic mass is 16.3. The number of rotatable bonds is 3. The minimum absolute atomic E-state index is 0.340. The van der Waals surface area contributed by atoms with Gasteiger partial charge in [0, 0.05) is 5.92 Å². The minimum atomic E-state index is 0.340. The molecule has 0 saturated heterocycles. The van der Waals surface area contributed by atoms with Crippen LogP contribution in [-0.4, -0.2) is 14.5 Å². The summed E-state index contributed by atoms with van der Waals surface area (Å²) in [7, 11) is 0. The zero-order chi connectivity index (χ0) is 13.4. The summed E-state index contributed by atoms with van der Waals surface area (Å²) in [5.74, 6) is 2.30. The van der Waals surface area contributed by atoms with Gasteiger partial charge in [-0.05, 0) is 19.1 Å². The van der Waals surface area contributed by atoms with Crippen LogP contribution in [0.5, 0.6) is 0 Å². The van der Waals surface area contributed by atoms with Gasteiger partial charge in [0.15, 0.2) is 6.39 Å². The predicted molar refractivity (Wildman–Crippen MR) is 74.2 cm³/mol. The van der Waals surface area contributed by atoms with E-state index in [1.165, 1.54) is 6.39 Å². The highest BCUT2D eigenvalue weighted by molar-refractivity contribution is 5.75. The molecule has 0 fully saturated rings. The number of oxazole rings is 1. The van der Waals surface area contributed by atoms with Crippen molar-refractivity contribution in [3.63, 3.8) is 0 Å². The van der Waals surface area contributed by atoms with Crippen molar-refractivity contribution >= 4 is 11.0 Å². The lowest BCUT2D eigenvalue weighted by Gasteiger charge is -2.07. The SMILES string of the molecule is Cc1nc2ccccc2n1Cc1ncoc1C(C)C. The number of nitrogens with zero attached hydrogens (tertiary/aromatic N) is 3. The van der Waals surface area contributed by atoms with Gasteiger partial charge in [-0.3, -0.25) is 0 Å². The Kier molecular flexibility index (Phi) is 2.85. The van der Waals surface area contributed by atoms with Crippen LogP contribution in [0.4, 0.5) is 0 Å². The monoisotopic (exact) mass is 255 g/mol. The first-order chi connectivity index (χ1) is 9.16. The van der Waals surface area contributed by atoms with Gasteiger partial charge < -0.3 is 8.98 Å². The molecule has 4 heteroatoms. The van der Waals surface area contributed by atoms with E-state index in [2.05, 4.69) is 34.4 Å². The van der Waals surface area contributed by atoms with Crippen LogP contribution in [0.25, 0.3) is 11.0 Å². The first kappa shape index (κ1) is 12.0. The highest BCUT2D eigenvalue weighted by Crippen LogP contribution is 2.22. The Morgan fingerprint density at radius 2 is 2.05 bits per heavy atom. The first-order valence-electron chi connectivity index (χ1n) is 6.51. The molecule has 4 nitrogen and oxygen atoms in total. The van der Waals surface area contributed by atoms with E-state index in [4.69, 9.17) is 4.42 Å². The molecule has 0 aliphatic carbocycles. The zero-order valence-electron chi connectivity index (χ0n) is 11.4. The number of aryl methyl sites for hydroxylation is 1. The van der Waals surface area contributed by atoms with Crippen molar-refractivity contribution in [1.82, 2.24) is 14.5 Å². The Morgan fingerprint density at radius 1 is 1.26 bits per heavy atom. The highest BCUT2D eigenvalue weighted by Gasteiger charge is 2.15. The fraction of sp³-hybridized carbons (Fsp3) is 0.333. The van der Waals surface area contributed by atoms with Gasteiger partial charge in [0.2, 0.25) is 0 Å². The number of aromatic nitrogens is 3. The number of fused-ring (bicyclic) bond motifs is 1. The standard InChI is InChI=1S/C15H17N3O/c1-10(2)15-13(16-9-19-15)8-18-11(3)17-12-6-4-5-7-14(12)18/h4-7,9-10H,8H2,1-3H3. The van der Waals surface area contributed by atoms with Crippen molar-refractivity contribution < 1.29 is 4.42 Å². The lowest BCUT2D eigenvalue weighted by molar-refractivity contribution is 0.477. The molecule has 98 valence electrons. The molecule has 19 heavy (non-hydrogen) atoms. The van der Waals surface area contributed by atoms with Gasteiger partial charge in [-0.25, -0.2) is 9.97 Å². The summed E-state index contributed by atoms with van der Waals surface area (Å²) in [5, 5.41) is 0. The molecule has 0 amide bonds. The third-order valence-electron chi connectivity index (χ3n) is 3.35. The molecule has 0 saturated carbocycles. The van der Waals surface area contributed by atoms with Gasteiger partial charge in [0.25, 0.3) is 0 Å². The van der Waals surface area contributed by atoms with Gasteiger partial charge in [-0.15, -0.1) is 0 Å². The minimum Gasteiger partial charge on any atom is -0.448 e. The fourth-order valence-electron chi connectivity index (χ4n) is 2.41. The average molecular weight is 255 g/mol. The van der Waals surface area contributed by atoms with Crippen molar-refractivity contribution in [2.75, 3.05) is 0 Å². The molecule has 0 atom stereocenters. The van der Waals surface area contributed by atoms with Gasteiger partial charge in [-0.2, -0.15) is 0 Å². The average Bonchev–Trinajstić information content (AvgIpc) is 2.96. The second-order valence-corrected chi connectivity index (χ2v) is 5.05. The Balaban J connectivity index is 2.06. The Labute approximate surface area is 112 Å². The van der Waals surface area contributed by atoms with E-state index in [1.54, 1.807) is 0 Å². The number of para-hydroxylation sites is 2. The van der Waals surface area contributed by atoms with E-state index in [-0.39, 0.29) is 0 Å². The molecule has 0 N–H and O–H groups in total. The molecule has 3 rings (SSSR count). The zero-order valence-corrected chi connectivity index (χ0v) is 11.4. The van der Waals surface area contributed by atoms with Crippen LogP contribution in [0.15, 0.2) is 35.1 Å². The summed E-state index contributed by atoms with van der Waals surface area (Å²) in [6, 6.07) is 8.16. The maximum Gasteiger partial charge on any atom is 0.181 e. The summed E-state index contributed by atoms with van der Waals surface area (Å²) in [6.45, 7) is 6.96. The molecule has 0 radical (unpaired) electrons. The number of benzene rings is 1. The van der Waals surface area contributed by atoms with Crippen molar-refractivity contribution in [2.45, 2.75) is 33.2 Å². The molecule has 2 aromatic heterocycles. The maximum atomic E-state index is 5.48. The second-order valence-electron chi connectivity index (χ2n) is 5.05. The number of hydrogen-bond acceptors (Lipinski definition) is 3. The second kappa shape index (κ2) is 4.53. The smallest absolute Gasteiger partial charge is 0.181 e. The number of imidazole rings is 1. The predicted octanol–water partition coefficient (Wildman–Crippen LogP) is 3.50. The molecular weight excluding hydrogens is 238 g/mol. The molecule has 1 aromatic carbocycles. The summed E-state index contributed by atoms with van der Waals surface area (Å²) in [6.07, 6.45) is 1.53. The van der Waals surface area contributed by atoms with Crippen molar-refractivity contribution in [3.8, 4) is 0 Å². The quantitative estimate of drug-likeness (QED) is 0.719. The van der Waals surface area contributed by atoms with Crippen LogP contribution >= 0.6 is 0 Å². The van der Waals surface area contributed by atoms with Crippen LogP contribution in [0.2, 0.25) is 0 Å². The molecular formula is C15H17N3O. The van der Waals surface area contributed by atoms with Crippen LogP contribution in [-0.2, 0) is 6.54 Å². The van der Waals surface area contributed by atoms with Crippen LogP contribution < -0.4 is 0 Å². The van der Waals surface area contributed by atoms with Crippen molar-refractivity contribution in [1.29, 1.82) is 0 Å². The van der Waals surface area contributed by atoms with E-state index >= 15 is 0 Å². The molecule has 0 aliphatic rings. The van der Waals surface area contributed by atoms with E-state index < -0.39 is 0 Å². The van der Waals surface area contributed by atoms with Gasteiger partial charge in [0.1, 0.15) is 17.3 Å². The van der Waals surface area contributed by atoms with Crippen LogP contribution in [0.3, 0.4) is 0 Å². The third-order valence-corrected chi connectivity index (χ3v) is 3.35. The van der Waals surface area contributed by atoms with Crippen LogP contribution in [0.1, 0.15) is 37.0 Å². The van der Waals surface area contributed by atoms with Crippen LogP contribution in [0, 0.1) is 6.92 Å². The molecule has 0 bridgehead atoms. The molecule has 0 spiro atoms. The van der Waals surface area contributed by atoms with Gasteiger partial charge in [-0.1, -0.05) is 26.0 Å². The van der Waals surface area contributed by atoms with Gasteiger partial charge >= 0.3 is 0 Å². The summed E-state index contributed by atoms with van der Waals surface area (Å²) in [5.41, 5.74) is 3.15. The maximum absolute atomic E-state index is 5.48.